The Balaban J connectivity index is 3.28. The topological polar surface area (TPSA) is 61.5 Å². The second-order valence-electron chi connectivity index (χ2n) is 3.02. The molecule has 0 spiro atoms. The second kappa shape index (κ2) is 8.56. The average Bonchev–Trinajstić information content (AvgIpc) is 2.10. The molecule has 0 amide bonds. The summed E-state index contributed by atoms with van der Waals surface area (Å²) in [6, 6.07) is 0. The minimum atomic E-state index is -0.413. The number of hydrogen-bond donors (Lipinski definition) is 1. The summed E-state index contributed by atoms with van der Waals surface area (Å²) < 4.78 is 10.0. The highest BCUT2D eigenvalue weighted by Gasteiger charge is 1.97. The van der Waals surface area contributed by atoms with Gasteiger partial charge >= 0.3 is 5.97 Å². The van der Waals surface area contributed by atoms with E-state index in [-0.39, 0.29) is 6.61 Å². The molecule has 0 rings (SSSR count). The first-order chi connectivity index (χ1) is 6.66. The van der Waals surface area contributed by atoms with Crippen molar-refractivity contribution in [3.05, 3.63) is 11.8 Å². The smallest absolute Gasteiger partial charge is 0.332 e. The van der Waals surface area contributed by atoms with Crippen molar-refractivity contribution < 1.29 is 14.3 Å². The molecule has 4 heteroatoms. The van der Waals surface area contributed by atoms with Crippen LogP contribution in [0.3, 0.4) is 0 Å². The lowest BCUT2D eigenvalue weighted by Crippen LogP contribution is -2.10. The molecule has 0 fully saturated rings. The summed E-state index contributed by atoms with van der Waals surface area (Å²) >= 11 is 0. The fourth-order valence-corrected chi connectivity index (χ4v) is 0.777. The fraction of sp³-hybridized carbons (Fsp3) is 0.700. The zero-order valence-corrected chi connectivity index (χ0v) is 8.91. The molecule has 0 saturated heterocycles. The molecular weight excluding hydrogens is 182 g/mol. The molecule has 14 heavy (non-hydrogen) atoms. The molecule has 0 saturated carbocycles. The normalized spacial score (nSPS) is 11.4. The summed E-state index contributed by atoms with van der Waals surface area (Å²) in [5.74, 6) is -0.413. The van der Waals surface area contributed by atoms with Gasteiger partial charge in [-0.3, -0.25) is 0 Å². The van der Waals surface area contributed by atoms with Gasteiger partial charge in [-0.2, -0.15) is 0 Å². The number of esters is 1. The Hall–Kier alpha value is -1.03. The van der Waals surface area contributed by atoms with Gasteiger partial charge in [0.05, 0.1) is 6.61 Å². The highest BCUT2D eigenvalue weighted by atomic mass is 16.6. The largest absolute Gasteiger partial charge is 0.460 e. The van der Waals surface area contributed by atoms with Crippen LogP contribution in [0.25, 0.3) is 0 Å². The number of ether oxygens (including phenoxy) is 2. The maximum Gasteiger partial charge on any atom is 0.332 e. The quantitative estimate of drug-likeness (QED) is 0.382. The van der Waals surface area contributed by atoms with Crippen molar-refractivity contribution in [1.82, 2.24) is 0 Å². The highest BCUT2D eigenvalue weighted by Crippen LogP contribution is 1.89. The predicted molar refractivity (Wildman–Crippen MR) is 54.6 cm³/mol. The molecule has 0 aromatic rings. The Kier molecular flexibility index (Phi) is 7.93. The summed E-state index contributed by atoms with van der Waals surface area (Å²) in [4.78, 5) is 10.9. The first kappa shape index (κ1) is 13.0. The van der Waals surface area contributed by atoms with Crippen LogP contribution in [0.15, 0.2) is 11.8 Å². The van der Waals surface area contributed by atoms with Crippen LogP contribution in [-0.2, 0) is 14.3 Å². The molecule has 0 aliphatic carbocycles. The van der Waals surface area contributed by atoms with E-state index < -0.39 is 5.97 Å². The summed E-state index contributed by atoms with van der Waals surface area (Å²) in [7, 11) is 0. The first-order valence-corrected chi connectivity index (χ1v) is 4.85. The van der Waals surface area contributed by atoms with Crippen LogP contribution in [0.2, 0.25) is 0 Å². The standard InChI is InChI=1S/C10H19NO3/c1-3-4-5-13-6-7-14-10(12)8-9(2)11/h8H,3-7,11H2,1-2H3. The maximum absolute atomic E-state index is 10.9. The third kappa shape index (κ3) is 9.06. The van der Waals surface area contributed by atoms with E-state index in [1.165, 1.54) is 6.08 Å². The van der Waals surface area contributed by atoms with Crippen LogP contribution in [-0.4, -0.2) is 25.8 Å². The van der Waals surface area contributed by atoms with E-state index in [0.29, 0.717) is 12.3 Å². The third-order valence-corrected chi connectivity index (χ3v) is 1.46. The Labute approximate surface area is 85.1 Å². The average molecular weight is 201 g/mol. The molecule has 0 aliphatic heterocycles. The van der Waals surface area contributed by atoms with Gasteiger partial charge in [-0.05, 0) is 13.3 Å². The van der Waals surface area contributed by atoms with E-state index in [4.69, 9.17) is 15.2 Å². The molecule has 0 aromatic carbocycles. The minimum Gasteiger partial charge on any atom is -0.460 e. The van der Waals surface area contributed by atoms with Crippen LogP contribution < -0.4 is 5.73 Å². The Bertz CT molecular complexity index is 186. The molecule has 0 aromatic heterocycles. The second-order valence-corrected chi connectivity index (χ2v) is 3.02. The molecule has 0 radical (unpaired) electrons. The van der Waals surface area contributed by atoms with Gasteiger partial charge in [0.2, 0.25) is 0 Å². The van der Waals surface area contributed by atoms with E-state index in [1.807, 2.05) is 0 Å². The summed E-state index contributed by atoms with van der Waals surface area (Å²) in [6.45, 7) is 5.19. The van der Waals surface area contributed by atoms with Crippen molar-refractivity contribution in [3.8, 4) is 0 Å². The fourth-order valence-electron chi connectivity index (χ4n) is 0.777. The van der Waals surface area contributed by atoms with Crippen molar-refractivity contribution in [2.75, 3.05) is 19.8 Å². The van der Waals surface area contributed by atoms with E-state index in [9.17, 15) is 4.79 Å². The first-order valence-electron chi connectivity index (χ1n) is 4.85. The molecule has 82 valence electrons. The molecule has 0 atom stereocenters. The molecule has 0 bridgehead atoms. The van der Waals surface area contributed by atoms with Crippen molar-refractivity contribution in [1.29, 1.82) is 0 Å². The SMILES string of the molecule is CCCCOCCOC(=O)C=C(C)N. The monoisotopic (exact) mass is 201 g/mol. The maximum atomic E-state index is 10.9. The van der Waals surface area contributed by atoms with Gasteiger partial charge in [0.1, 0.15) is 6.61 Å². The lowest BCUT2D eigenvalue weighted by molar-refractivity contribution is -0.139. The van der Waals surface area contributed by atoms with Crippen molar-refractivity contribution in [2.45, 2.75) is 26.7 Å². The minimum absolute atomic E-state index is 0.284. The van der Waals surface area contributed by atoms with Crippen molar-refractivity contribution in [2.24, 2.45) is 5.73 Å². The molecule has 0 heterocycles. The van der Waals surface area contributed by atoms with Gasteiger partial charge < -0.3 is 15.2 Å². The number of carbonyl (C=O) groups is 1. The van der Waals surface area contributed by atoms with Crippen molar-refractivity contribution >= 4 is 5.97 Å². The summed E-state index contributed by atoms with van der Waals surface area (Å²) in [5.41, 5.74) is 5.74. The molecule has 2 N–H and O–H groups in total. The van der Waals surface area contributed by atoms with Gasteiger partial charge in [0, 0.05) is 18.4 Å². The van der Waals surface area contributed by atoms with E-state index >= 15 is 0 Å². The zero-order chi connectivity index (χ0) is 10.8. The van der Waals surface area contributed by atoms with Crippen LogP contribution >= 0.6 is 0 Å². The molecular formula is C10H19NO3. The lowest BCUT2D eigenvalue weighted by Gasteiger charge is -2.03. The van der Waals surface area contributed by atoms with Gasteiger partial charge in [-0.15, -0.1) is 0 Å². The molecule has 4 nitrogen and oxygen atoms in total. The summed E-state index contributed by atoms with van der Waals surface area (Å²) in [5, 5.41) is 0. The number of allylic oxidation sites excluding steroid dienone is 1. The Morgan fingerprint density at radius 1 is 1.36 bits per heavy atom. The van der Waals surface area contributed by atoms with Gasteiger partial charge in [-0.1, -0.05) is 13.3 Å². The van der Waals surface area contributed by atoms with Gasteiger partial charge in [0.25, 0.3) is 0 Å². The Morgan fingerprint density at radius 2 is 2.07 bits per heavy atom. The zero-order valence-electron chi connectivity index (χ0n) is 8.91. The number of rotatable bonds is 7. The van der Waals surface area contributed by atoms with Crippen LogP contribution in [0.4, 0.5) is 0 Å². The number of carbonyl (C=O) groups excluding carboxylic acids is 1. The van der Waals surface area contributed by atoms with Crippen LogP contribution in [0, 0.1) is 0 Å². The van der Waals surface area contributed by atoms with Crippen LogP contribution in [0.5, 0.6) is 0 Å². The summed E-state index contributed by atoms with van der Waals surface area (Å²) in [6.07, 6.45) is 3.40. The highest BCUT2D eigenvalue weighted by molar-refractivity contribution is 5.82. The van der Waals surface area contributed by atoms with Gasteiger partial charge in [0.15, 0.2) is 0 Å². The lowest BCUT2D eigenvalue weighted by atomic mass is 10.4. The third-order valence-electron chi connectivity index (χ3n) is 1.46. The molecule has 0 unspecified atom stereocenters. The van der Waals surface area contributed by atoms with E-state index in [1.54, 1.807) is 6.92 Å². The predicted octanol–water partition coefficient (Wildman–Crippen LogP) is 1.21. The Morgan fingerprint density at radius 3 is 2.64 bits per heavy atom. The van der Waals surface area contributed by atoms with E-state index in [2.05, 4.69) is 6.92 Å². The van der Waals surface area contributed by atoms with Crippen LogP contribution in [0.1, 0.15) is 26.7 Å². The number of hydrogen-bond acceptors (Lipinski definition) is 4. The van der Waals surface area contributed by atoms with Gasteiger partial charge in [-0.25, -0.2) is 4.79 Å². The van der Waals surface area contributed by atoms with E-state index in [0.717, 1.165) is 19.4 Å². The number of unbranched alkanes of at least 4 members (excludes halogenated alkanes) is 1. The number of nitrogens with two attached hydrogens (primary N) is 1. The molecule has 0 aliphatic rings. The van der Waals surface area contributed by atoms with Crippen molar-refractivity contribution in [3.63, 3.8) is 0 Å².